The van der Waals surface area contributed by atoms with E-state index in [9.17, 15) is 19.8 Å². The van der Waals surface area contributed by atoms with Crippen molar-refractivity contribution in [3.05, 3.63) is 48.5 Å². The number of hydrogen-bond acceptors (Lipinski definition) is 6. The summed E-state index contributed by atoms with van der Waals surface area (Å²) in [6.45, 7) is 1.17. The second-order valence-electron chi connectivity index (χ2n) is 6.59. The molecule has 0 aliphatic carbocycles. The van der Waals surface area contributed by atoms with Crippen molar-refractivity contribution < 1.29 is 19.8 Å². The highest BCUT2D eigenvalue weighted by molar-refractivity contribution is 7.99. The van der Waals surface area contributed by atoms with Crippen LogP contribution in [0.25, 0.3) is 0 Å². The first-order valence-electron chi connectivity index (χ1n) is 9.90. The number of rotatable bonds is 13. The molecule has 2 rings (SSSR count). The number of carbonyl (C=O) groups is 2. The summed E-state index contributed by atoms with van der Waals surface area (Å²) in [4.78, 5) is 25.8. The zero-order chi connectivity index (χ0) is 21.6. The van der Waals surface area contributed by atoms with Gasteiger partial charge < -0.3 is 20.8 Å². The van der Waals surface area contributed by atoms with Crippen LogP contribution in [-0.2, 0) is 9.59 Å². The van der Waals surface area contributed by atoms with Crippen molar-refractivity contribution in [2.45, 2.75) is 35.5 Å². The highest BCUT2D eigenvalue weighted by atomic mass is 32.2. The van der Waals surface area contributed by atoms with Gasteiger partial charge >= 0.3 is 0 Å². The molecule has 4 N–H and O–H groups in total. The number of benzene rings is 2. The van der Waals surface area contributed by atoms with Gasteiger partial charge in [0, 0.05) is 35.7 Å². The minimum atomic E-state index is -0.109. The lowest BCUT2D eigenvalue weighted by Gasteiger charge is -2.07. The topological polar surface area (TPSA) is 98.7 Å². The molecule has 8 heteroatoms. The third-order valence-corrected chi connectivity index (χ3v) is 6.27. The number of aromatic hydroxyl groups is 2. The lowest BCUT2D eigenvalue weighted by molar-refractivity contribution is -0.126. The van der Waals surface area contributed by atoms with Gasteiger partial charge in [0.25, 0.3) is 0 Å². The fourth-order valence-corrected chi connectivity index (χ4v) is 4.17. The van der Waals surface area contributed by atoms with Gasteiger partial charge in [-0.05, 0) is 72.9 Å². The summed E-state index contributed by atoms with van der Waals surface area (Å²) in [5, 5.41) is 24.2. The third kappa shape index (κ3) is 10.5. The normalized spacial score (nSPS) is 10.5. The first-order chi connectivity index (χ1) is 14.5. The highest BCUT2D eigenvalue weighted by Crippen LogP contribution is 2.21. The molecule has 0 saturated carbocycles. The minimum Gasteiger partial charge on any atom is -0.508 e. The molecule has 0 heterocycles. The molecule has 0 atom stereocenters. The molecule has 30 heavy (non-hydrogen) atoms. The van der Waals surface area contributed by atoms with E-state index in [1.54, 1.807) is 47.8 Å². The molecule has 0 fully saturated rings. The Labute approximate surface area is 185 Å². The number of carbonyl (C=O) groups excluding carboxylic acids is 2. The Hall–Kier alpha value is -2.32. The average Bonchev–Trinajstić information content (AvgIpc) is 2.74. The summed E-state index contributed by atoms with van der Waals surface area (Å²) in [5.74, 6) is 2.03. The Morgan fingerprint density at radius 3 is 1.40 bits per heavy atom. The van der Waals surface area contributed by atoms with Gasteiger partial charge in [0.1, 0.15) is 11.5 Å². The van der Waals surface area contributed by atoms with Gasteiger partial charge in [0.15, 0.2) is 0 Å². The van der Waals surface area contributed by atoms with Crippen LogP contribution in [0.1, 0.15) is 25.7 Å². The van der Waals surface area contributed by atoms with Gasteiger partial charge in [-0.3, -0.25) is 9.59 Å². The molecular weight excluding hydrogens is 420 g/mol. The van der Waals surface area contributed by atoms with E-state index in [-0.39, 0.29) is 36.2 Å². The van der Waals surface area contributed by atoms with Crippen LogP contribution in [0.2, 0.25) is 0 Å². The maximum absolute atomic E-state index is 11.8. The molecule has 0 spiro atoms. The van der Waals surface area contributed by atoms with E-state index in [1.165, 1.54) is 0 Å². The maximum Gasteiger partial charge on any atom is 0.220 e. The number of nitrogens with one attached hydrogen (secondary N) is 2. The molecule has 2 aromatic carbocycles. The van der Waals surface area contributed by atoms with Crippen LogP contribution in [0.5, 0.6) is 11.5 Å². The molecule has 162 valence electrons. The fraction of sp³-hybridized carbons (Fsp3) is 0.364. The predicted molar refractivity (Wildman–Crippen MR) is 122 cm³/mol. The van der Waals surface area contributed by atoms with Crippen LogP contribution in [0.4, 0.5) is 0 Å². The molecular formula is C22H28N2O4S2. The van der Waals surface area contributed by atoms with Crippen LogP contribution in [-0.4, -0.2) is 46.6 Å². The van der Waals surface area contributed by atoms with Gasteiger partial charge in [-0.1, -0.05) is 0 Å². The monoisotopic (exact) mass is 448 g/mol. The molecule has 2 aromatic rings. The second kappa shape index (κ2) is 13.8. The smallest absolute Gasteiger partial charge is 0.220 e. The zero-order valence-electron chi connectivity index (χ0n) is 16.8. The lowest BCUT2D eigenvalue weighted by Crippen LogP contribution is -2.29. The Kier molecular flexibility index (Phi) is 11.0. The van der Waals surface area contributed by atoms with E-state index in [4.69, 9.17) is 0 Å². The van der Waals surface area contributed by atoms with E-state index in [2.05, 4.69) is 10.6 Å². The van der Waals surface area contributed by atoms with E-state index >= 15 is 0 Å². The minimum absolute atomic E-state index is 0.109. The van der Waals surface area contributed by atoms with E-state index in [1.807, 2.05) is 24.3 Å². The van der Waals surface area contributed by atoms with Gasteiger partial charge in [0.05, 0.1) is 0 Å². The standard InChI is InChI=1S/C22H28N2O4S2/c25-17-3-7-19(8-4-17)29-15-1-13-23-21(27)11-12-22(28)24-14-2-16-30-20-9-5-18(26)6-10-20/h3-10,25-26H,1-2,11-16H2,(H,23,27)(H,24,28). The second-order valence-corrected chi connectivity index (χ2v) is 8.93. The van der Waals surface area contributed by atoms with Crippen molar-refractivity contribution in [1.82, 2.24) is 10.6 Å². The summed E-state index contributed by atoms with van der Waals surface area (Å²) < 4.78 is 0. The molecule has 0 radical (unpaired) electrons. The summed E-state index contributed by atoms with van der Waals surface area (Å²) in [5.41, 5.74) is 0. The number of thioether (sulfide) groups is 2. The SMILES string of the molecule is O=C(CCC(=O)NCCCSc1ccc(O)cc1)NCCCSc1ccc(O)cc1. The number of phenols is 2. The van der Waals surface area contributed by atoms with Crippen molar-refractivity contribution in [3.63, 3.8) is 0 Å². The number of amides is 2. The summed E-state index contributed by atoms with van der Waals surface area (Å²) in [6, 6.07) is 14.1. The Morgan fingerprint density at radius 2 is 1.03 bits per heavy atom. The van der Waals surface area contributed by atoms with Gasteiger partial charge in [0.2, 0.25) is 11.8 Å². The molecule has 0 saturated heterocycles. The van der Waals surface area contributed by atoms with Crippen LogP contribution in [0, 0.1) is 0 Å². The molecule has 0 bridgehead atoms. The molecule has 2 amide bonds. The van der Waals surface area contributed by atoms with Crippen molar-refractivity contribution in [3.8, 4) is 11.5 Å². The van der Waals surface area contributed by atoms with Crippen LogP contribution in [0.3, 0.4) is 0 Å². The Morgan fingerprint density at radius 1 is 0.667 bits per heavy atom. The number of hydrogen-bond donors (Lipinski definition) is 4. The molecule has 0 aromatic heterocycles. The highest BCUT2D eigenvalue weighted by Gasteiger charge is 2.06. The van der Waals surface area contributed by atoms with E-state index in [0.29, 0.717) is 13.1 Å². The average molecular weight is 449 g/mol. The molecule has 0 aliphatic rings. The van der Waals surface area contributed by atoms with Crippen molar-refractivity contribution in [1.29, 1.82) is 0 Å². The summed E-state index contributed by atoms with van der Waals surface area (Å²) >= 11 is 3.34. The molecule has 0 aliphatic heterocycles. The molecule has 6 nitrogen and oxygen atoms in total. The lowest BCUT2D eigenvalue weighted by atomic mass is 10.2. The van der Waals surface area contributed by atoms with Crippen LogP contribution in [0.15, 0.2) is 58.3 Å². The van der Waals surface area contributed by atoms with Gasteiger partial charge in [-0.2, -0.15) is 0 Å². The van der Waals surface area contributed by atoms with E-state index < -0.39 is 0 Å². The van der Waals surface area contributed by atoms with Gasteiger partial charge in [-0.25, -0.2) is 0 Å². The Bertz CT molecular complexity index is 715. The van der Waals surface area contributed by atoms with E-state index in [0.717, 1.165) is 34.1 Å². The largest absolute Gasteiger partial charge is 0.508 e. The van der Waals surface area contributed by atoms with Crippen molar-refractivity contribution in [2.24, 2.45) is 0 Å². The number of phenolic OH excluding ortho intramolecular Hbond substituents is 2. The third-order valence-electron chi connectivity index (χ3n) is 4.08. The van der Waals surface area contributed by atoms with Crippen LogP contribution < -0.4 is 10.6 Å². The van der Waals surface area contributed by atoms with Crippen molar-refractivity contribution >= 4 is 35.3 Å². The molecule has 0 unspecified atom stereocenters. The Balaban J connectivity index is 1.43. The van der Waals surface area contributed by atoms with Crippen molar-refractivity contribution in [2.75, 3.05) is 24.6 Å². The summed E-state index contributed by atoms with van der Waals surface area (Å²) in [7, 11) is 0. The maximum atomic E-state index is 11.8. The zero-order valence-corrected chi connectivity index (χ0v) is 18.4. The van der Waals surface area contributed by atoms with Crippen LogP contribution >= 0.6 is 23.5 Å². The fourth-order valence-electron chi connectivity index (χ4n) is 2.47. The first-order valence-corrected chi connectivity index (χ1v) is 11.9. The summed E-state index contributed by atoms with van der Waals surface area (Å²) in [6.07, 6.45) is 2.06. The predicted octanol–water partition coefficient (Wildman–Crippen LogP) is 3.78. The quantitative estimate of drug-likeness (QED) is 0.275. The first kappa shape index (κ1) is 24.0. The van der Waals surface area contributed by atoms with Gasteiger partial charge in [-0.15, -0.1) is 23.5 Å².